The molecule has 1 nitrogen and oxygen atoms in total. The SMILES string of the molecule is [Cl-].[Cl-].[Mg+2].[OH-]. The number of halogens is 2. The molecule has 0 saturated carbocycles. The van der Waals surface area contributed by atoms with Crippen LogP contribution < -0.4 is 24.8 Å². The molecule has 0 bridgehead atoms. The van der Waals surface area contributed by atoms with Gasteiger partial charge in [0.25, 0.3) is 0 Å². The zero-order valence-corrected chi connectivity index (χ0v) is 4.84. The van der Waals surface area contributed by atoms with E-state index in [-0.39, 0.29) is 53.3 Å². The first-order chi connectivity index (χ1) is 0. The van der Waals surface area contributed by atoms with Gasteiger partial charge in [0.1, 0.15) is 0 Å². The third-order valence-electron chi connectivity index (χ3n) is 0. The predicted molar refractivity (Wildman–Crippen MR) is 7.69 cm³/mol. The van der Waals surface area contributed by atoms with Gasteiger partial charge in [-0.15, -0.1) is 0 Å². The Morgan fingerprint density at radius 2 is 0.750 bits per heavy atom. The molecule has 0 aromatic carbocycles. The second-order valence-corrected chi connectivity index (χ2v) is 0. The van der Waals surface area contributed by atoms with Crippen molar-refractivity contribution in [1.82, 2.24) is 0 Å². The molecular weight excluding hydrogens is 111 g/mol. The van der Waals surface area contributed by atoms with Gasteiger partial charge in [-0.05, 0) is 0 Å². The van der Waals surface area contributed by atoms with Crippen molar-refractivity contribution in [2.24, 2.45) is 0 Å². The molecule has 0 aromatic heterocycles. The molecule has 0 saturated heterocycles. The summed E-state index contributed by atoms with van der Waals surface area (Å²) in [6, 6.07) is 0. The van der Waals surface area contributed by atoms with Crippen molar-refractivity contribution in [2.75, 3.05) is 0 Å². The molecule has 0 aliphatic heterocycles. The van der Waals surface area contributed by atoms with Crippen LogP contribution >= 0.6 is 0 Å². The summed E-state index contributed by atoms with van der Waals surface area (Å²) in [7, 11) is 0. The van der Waals surface area contributed by atoms with E-state index in [4.69, 9.17) is 0 Å². The molecule has 4 heavy (non-hydrogen) atoms. The quantitative estimate of drug-likeness (QED) is 0.287. The van der Waals surface area contributed by atoms with Gasteiger partial charge in [0.05, 0.1) is 0 Å². The van der Waals surface area contributed by atoms with Gasteiger partial charge < -0.3 is 30.3 Å². The summed E-state index contributed by atoms with van der Waals surface area (Å²) in [5, 5.41) is 0. The Morgan fingerprint density at radius 1 is 0.750 bits per heavy atom. The average molecular weight is 112 g/mol. The number of rotatable bonds is 0. The van der Waals surface area contributed by atoms with Crippen LogP contribution in [0.25, 0.3) is 0 Å². The molecular formula is HCl2MgO-. The van der Waals surface area contributed by atoms with Crippen LogP contribution in [0.2, 0.25) is 0 Å². The second-order valence-electron chi connectivity index (χ2n) is 0. The minimum absolute atomic E-state index is 0. The van der Waals surface area contributed by atoms with E-state index in [1.807, 2.05) is 0 Å². The van der Waals surface area contributed by atoms with E-state index in [2.05, 4.69) is 0 Å². The van der Waals surface area contributed by atoms with Gasteiger partial charge >= 0.3 is 23.1 Å². The minimum Gasteiger partial charge on any atom is -1.00 e. The Kier molecular flexibility index (Phi) is 398. The summed E-state index contributed by atoms with van der Waals surface area (Å²) in [6.45, 7) is 0. The van der Waals surface area contributed by atoms with E-state index in [9.17, 15) is 0 Å². The van der Waals surface area contributed by atoms with E-state index in [0.717, 1.165) is 0 Å². The molecule has 0 unspecified atom stereocenters. The topological polar surface area (TPSA) is 30.0 Å². The van der Waals surface area contributed by atoms with Crippen molar-refractivity contribution in [3.8, 4) is 0 Å². The molecule has 0 aliphatic carbocycles. The molecule has 4 heteroatoms. The molecule has 0 rings (SSSR count). The smallest absolute Gasteiger partial charge is 1.00 e. The van der Waals surface area contributed by atoms with Crippen LogP contribution in [-0.4, -0.2) is 28.5 Å². The molecule has 1 N–H and O–H groups in total. The van der Waals surface area contributed by atoms with Crippen LogP contribution in [0.4, 0.5) is 0 Å². The van der Waals surface area contributed by atoms with E-state index >= 15 is 0 Å². The molecule has 0 aromatic rings. The van der Waals surface area contributed by atoms with Crippen LogP contribution in [-0.2, 0) is 0 Å². The van der Waals surface area contributed by atoms with Crippen molar-refractivity contribution in [1.29, 1.82) is 0 Å². The van der Waals surface area contributed by atoms with Gasteiger partial charge in [0.2, 0.25) is 0 Å². The second kappa shape index (κ2) is 27.6. The molecule has 0 atom stereocenters. The predicted octanol–water partition coefficient (Wildman–Crippen LogP) is -6.55. The fraction of sp³-hybridized carbons (Fsp3) is 0. The number of hydrogen-bond donors (Lipinski definition) is 0. The third kappa shape index (κ3) is 10.3. The molecule has 24 valence electrons. The van der Waals surface area contributed by atoms with Crippen molar-refractivity contribution < 1.29 is 30.3 Å². The van der Waals surface area contributed by atoms with Crippen molar-refractivity contribution >= 4 is 23.1 Å². The maximum absolute atomic E-state index is 0. The summed E-state index contributed by atoms with van der Waals surface area (Å²) in [5.74, 6) is 0. The van der Waals surface area contributed by atoms with E-state index < -0.39 is 0 Å². The molecule has 0 aliphatic rings. The van der Waals surface area contributed by atoms with Gasteiger partial charge in [-0.25, -0.2) is 0 Å². The van der Waals surface area contributed by atoms with E-state index in [1.165, 1.54) is 0 Å². The molecule has 0 radical (unpaired) electrons. The average Bonchev–Trinajstić information content (AvgIpc) is 0. The van der Waals surface area contributed by atoms with E-state index in [0.29, 0.717) is 0 Å². The Hall–Kier alpha value is 1.31. The largest absolute Gasteiger partial charge is 2.00 e. The van der Waals surface area contributed by atoms with Gasteiger partial charge in [-0.3, -0.25) is 0 Å². The summed E-state index contributed by atoms with van der Waals surface area (Å²) in [4.78, 5) is 0. The Labute approximate surface area is 53.4 Å². The standard InChI is InChI=1S/2ClH.Mg.H2O/h2*1H;;1H2/q;;+2;/p-3. The molecule has 0 fully saturated rings. The monoisotopic (exact) mass is 111 g/mol. The maximum atomic E-state index is 0. The van der Waals surface area contributed by atoms with E-state index in [1.54, 1.807) is 0 Å². The Morgan fingerprint density at radius 3 is 0.750 bits per heavy atom. The summed E-state index contributed by atoms with van der Waals surface area (Å²) < 4.78 is 0. The molecule has 0 amide bonds. The normalized spacial score (nSPS) is 0. The Balaban J connectivity index is 0. The van der Waals surface area contributed by atoms with Crippen LogP contribution in [0.5, 0.6) is 0 Å². The van der Waals surface area contributed by atoms with Gasteiger partial charge in [-0.2, -0.15) is 0 Å². The third-order valence-corrected chi connectivity index (χ3v) is 0. The van der Waals surface area contributed by atoms with Crippen LogP contribution in [0, 0.1) is 0 Å². The maximum Gasteiger partial charge on any atom is 2.00 e. The first-order valence-corrected chi connectivity index (χ1v) is 0. The molecule has 0 heterocycles. The minimum atomic E-state index is 0. The number of hydrogen-bond acceptors (Lipinski definition) is 1. The van der Waals surface area contributed by atoms with Crippen LogP contribution in [0.15, 0.2) is 0 Å². The zero-order valence-electron chi connectivity index (χ0n) is 1.91. The van der Waals surface area contributed by atoms with Crippen LogP contribution in [0.1, 0.15) is 0 Å². The zero-order chi connectivity index (χ0) is 0. The van der Waals surface area contributed by atoms with Gasteiger partial charge in [-0.1, -0.05) is 0 Å². The fourth-order valence-corrected chi connectivity index (χ4v) is 0. The first kappa shape index (κ1) is 57.7. The van der Waals surface area contributed by atoms with Crippen molar-refractivity contribution in [3.63, 3.8) is 0 Å². The first-order valence-electron chi connectivity index (χ1n) is 0. The summed E-state index contributed by atoms with van der Waals surface area (Å²) in [5.41, 5.74) is 0. The van der Waals surface area contributed by atoms with Gasteiger partial charge in [0.15, 0.2) is 0 Å². The summed E-state index contributed by atoms with van der Waals surface area (Å²) >= 11 is 0. The fourth-order valence-electron chi connectivity index (χ4n) is 0. The summed E-state index contributed by atoms with van der Waals surface area (Å²) in [6.07, 6.45) is 0. The van der Waals surface area contributed by atoms with Crippen molar-refractivity contribution in [2.45, 2.75) is 0 Å². The van der Waals surface area contributed by atoms with Gasteiger partial charge in [0, 0.05) is 0 Å². The Bertz CT molecular complexity index is 6.00. The molecule has 0 spiro atoms. The van der Waals surface area contributed by atoms with Crippen LogP contribution in [0.3, 0.4) is 0 Å². The van der Waals surface area contributed by atoms with Crippen molar-refractivity contribution in [3.05, 3.63) is 0 Å².